The fraction of sp³-hybridized carbons (Fsp3) is 0.625. The lowest BCUT2D eigenvalue weighted by Gasteiger charge is -2.42. The quantitative estimate of drug-likeness (QED) is 0.830. The molecule has 3 nitrogen and oxygen atoms in total. The van der Waals surface area contributed by atoms with Crippen LogP contribution in [-0.4, -0.2) is 25.3 Å². The van der Waals surface area contributed by atoms with E-state index in [1.807, 2.05) is 12.1 Å². The zero-order chi connectivity index (χ0) is 13.3. The molecule has 2 fully saturated rings. The molecule has 19 heavy (non-hydrogen) atoms. The summed E-state index contributed by atoms with van der Waals surface area (Å²) in [5, 5.41) is 0. The molecule has 0 amide bonds. The van der Waals surface area contributed by atoms with E-state index in [1.54, 1.807) is 0 Å². The van der Waals surface area contributed by atoms with Gasteiger partial charge >= 0.3 is 0 Å². The first kappa shape index (κ1) is 12.8. The predicted molar refractivity (Wildman–Crippen MR) is 79.4 cm³/mol. The summed E-state index contributed by atoms with van der Waals surface area (Å²) in [6, 6.07) is 8.71. The topological polar surface area (TPSA) is 38.5 Å². The van der Waals surface area contributed by atoms with Crippen LogP contribution in [-0.2, 0) is 4.74 Å². The number of nitrogens with two attached hydrogens (primary N) is 1. The Balaban J connectivity index is 1.76. The molecule has 1 aromatic rings. The minimum Gasteiger partial charge on any atom is -0.397 e. The van der Waals surface area contributed by atoms with E-state index in [1.165, 1.54) is 25.7 Å². The molecule has 1 spiro atoms. The van der Waals surface area contributed by atoms with Gasteiger partial charge in [0.1, 0.15) is 0 Å². The van der Waals surface area contributed by atoms with Crippen molar-refractivity contribution in [2.24, 2.45) is 0 Å². The van der Waals surface area contributed by atoms with E-state index in [4.69, 9.17) is 10.5 Å². The van der Waals surface area contributed by atoms with Gasteiger partial charge in [-0.15, -0.1) is 0 Å². The SMILES string of the molecule is CN(c1ccccc1N)C1CCOC2(CCCC2)C1. The standard InChI is InChI=1S/C16H24N2O/c1-18(15-7-3-2-6-14(15)17)13-8-11-19-16(12-13)9-4-5-10-16/h2-3,6-7,13H,4-5,8-12,17H2,1H3. The first-order chi connectivity index (χ1) is 9.20. The summed E-state index contributed by atoms with van der Waals surface area (Å²) in [7, 11) is 2.17. The first-order valence-corrected chi connectivity index (χ1v) is 7.42. The molecule has 1 aliphatic carbocycles. The Morgan fingerprint density at radius 2 is 2.00 bits per heavy atom. The molecule has 104 valence electrons. The predicted octanol–water partition coefficient (Wildman–Crippen LogP) is 3.20. The van der Waals surface area contributed by atoms with Gasteiger partial charge in [0.25, 0.3) is 0 Å². The molecule has 0 aromatic heterocycles. The van der Waals surface area contributed by atoms with Gasteiger partial charge in [-0.25, -0.2) is 0 Å². The maximum Gasteiger partial charge on any atom is 0.0702 e. The van der Waals surface area contributed by atoms with Crippen molar-refractivity contribution in [1.82, 2.24) is 0 Å². The summed E-state index contributed by atoms with van der Waals surface area (Å²) in [5.41, 5.74) is 8.29. The second-order valence-corrected chi connectivity index (χ2v) is 6.05. The van der Waals surface area contributed by atoms with Crippen LogP contribution in [0.1, 0.15) is 38.5 Å². The number of hydrogen-bond acceptors (Lipinski definition) is 3. The van der Waals surface area contributed by atoms with E-state index in [9.17, 15) is 0 Å². The average Bonchev–Trinajstić information content (AvgIpc) is 2.86. The second-order valence-electron chi connectivity index (χ2n) is 6.05. The van der Waals surface area contributed by atoms with Crippen molar-refractivity contribution in [3.8, 4) is 0 Å². The number of rotatable bonds is 2. The number of nitrogens with zero attached hydrogens (tertiary/aromatic N) is 1. The summed E-state index contributed by atoms with van der Waals surface area (Å²) >= 11 is 0. The van der Waals surface area contributed by atoms with E-state index >= 15 is 0 Å². The van der Waals surface area contributed by atoms with Gasteiger partial charge in [-0.05, 0) is 37.8 Å². The van der Waals surface area contributed by atoms with Gasteiger partial charge in [0.2, 0.25) is 0 Å². The Kier molecular flexibility index (Phi) is 3.40. The lowest BCUT2D eigenvalue weighted by Crippen LogP contribution is -2.46. The van der Waals surface area contributed by atoms with Gasteiger partial charge in [-0.1, -0.05) is 25.0 Å². The Hall–Kier alpha value is -1.22. The fourth-order valence-electron chi connectivity index (χ4n) is 3.71. The molecule has 1 heterocycles. The van der Waals surface area contributed by atoms with Crippen molar-refractivity contribution in [1.29, 1.82) is 0 Å². The van der Waals surface area contributed by atoms with Crippen LogP contribution in [0.25, 0.3) is 0 Å². The van der Waals surface area contributed by atoms with E-state index in [0.29, 0.717) is 6.04 Å². The molecule has 1 atom stereocenters. The maximum atomic E-state index is 6.12. The van der Waals surface area contributed by atoms with Crippen molar-refractivity contribution < 1.29 is 4.74 Å². The van der Waals surface area contributed by atoms with Gasteiger partial charge in [0.15, 0.2) is 0 Å². The number of para-hydroxylation sites is 2. The second kappa shape index (κ2) is 5.04. The van der Waals surface area contributed by atoms with Gasteiger partial charge in [0, 0.05) is 19.7 Å². The Labute approximate surface area is 115 Å². The van der Waals surface area contributed by atoms with Crippen LogP contribution in [0.15, 0.2) is 24.3 Å². The number of nitrogen functional groups attached to an aromatic ring is 1. The van der Waals surface area contributed by atoms with Gasteiger partial charge in [0.05, 0.1) is 17.0 Å². The molecule has 3 rings (SSSR count). The van der Waals surface area contributed by atoms with Crippen LogP contribution in [0.3, 0.4) is 0 Å². The molecule has 3 heteroatoms. The van der Waals surface area contributed by atoms with Gasteiger partial charge in [-0.3, -0.25) is 0 Å². The first-order valence-electron chi connectivity index (χ1n) is 7.42. The highest BCUT2D eigenvalue weighted by molar-refractivity contribution is 5.67. The highest BCUT2D eigenvalue weighted by Crippen LogP contribution is 2.42. The van der Waals surface area contributed by atoms with Crippen molar-refractivity contribution >= 4 is 11.4 Å². The van der Waals surface area contributed by atoms with Crippen LogP contribution in [0.2, 0.25) is 0 Å². The van der Waals surface area contributed by atoms with Crippen molar-refractivity contribution in [3.05, 3.63) is 24.3 Å². The monoisotopic (exact) mass is 260 g/mol. The Morgan fingerprint density at radius 1 is 1.26 bits per heavy atom. The number of anilines is 2. The molecule has 1 aromatic carbocycles. The smallest absolute Gasteiger partial charge is 0.0702 e. The molecule has 0 bridgehead atoms. The van der Waals surface area contributed by atoms with Gasteiger partial charge < -0.3 is 15.4 Å². The maximum absolute atomic E-state index is 6.12. The molecule has 0 radical (unpaired) electrons. The van der Waals surface area contributed by atoms with Crippen LogP contribution >= 0.6 is 0 Å². The third-order valence-corrected chi connectivity index (χ3v) is 4.85. The minimum atomic E-state index is 0.167. The minimum absolute atomic E-state index is 0.167. The third-order valence-electron chi connectivity index (χ3n) is 4.85. The lowest BCUT2D eigenvalue weighted by molar-refractivity contribution is -0.0795. The van der Waals surface area contributed by atoms with Gasteiger partial charge in [-0.2, -0.15) is 0 Å². The molecule has 2 aliphatic rings. The van der Waals surface area contributed by atoms with E-state index in [2.05, 4.69) is 24.1 Å². The summed E-state index contributed by atoms with van der Waals surface area (Å²) in [5.74, 6) is 0. The zero-order valence-electron chi connectivity index (χ0n) is 11.8. The molecular formula is C16H24N2O. The van der Waals surface area contributed by atoms with E-state index in [0.717, 1.165) is 30.8 Å². The van der Waals surface area contributed by atoms with E-state index in [-0.39, 0.29) is 5.60 Å². The summed E-state index contributed by atoms with van der Waals surface area (Å²) in [4.78, 5) is 2.36. The highest BCUT2D eigenvalue weighted by Gasteiger charge is 2.41. The molecule has 2 N–H and O–H groups in total. The summed E-state index contributed by atoms with van der Waals surface area (Å²) in [6.45, 7) is 0.891. The zero-order valence-corrected chi connectivity index (χ0v) is 11.8. The van der Waals surface area contributed by atoms with Crippen molar-refractivity contribution in [2.75, 3.05) is 24.3 Å². The number of ether oxygens (including phenoxy) is 1. The van der Waals surface area contributed by atoms with Crippen LogP contribution in [0.4, 0.5) is 11.4 Å². The van der Waals surface area contributed by atoms with Crippen LogP contribution < -0.4 is 10.6 Å². The summed E-state index contributed by atoms with van der Waals surface area (Å²) in [6.07, 6.45) is 7.38. The molecule has 1 unspecified atom stereocenters. The molecular weight excluding hydrogens is 236 g/mol. The Morgan fingerprint density at radius 3 is 2.74 bits per heavy atom. The van der Waals surface area contributed by atoms with Crippen molar-refractivity contribution in [2.45, 2.75) is 50.2 Å². The lowest BCUT2D eigenvalue weighted by atomic mass is 9.88. The van der Waals surface area contributed by atoms with Crippen molar-refractivity contribution in [3.63, 3.8) is 0 Å². The van der Waals surface area contributed by atoms with Crippen LogP contribution in [0.5, 0.6) is 0 Å². The fourth-order valence-corrected chi connectivity index (χ4v) is 3.71. The average molecular weight is 260 g/mol. The Bertz CT molecular complexity index is 440. The number of benzene rings is 1. The summed E-state index contributed by atoms with van der Waals surface area (Å²) < 4.78 is 6.12. The van der Waals surface area contributed by atoms with Crippen LogP contribution in [0, 0.1) is 0 Å². The molecule has 1 saturated heterocycles. The molecule has 1 saturated carbocycles. The third kappa shape index (κ3) is 2.44. The van der Waals surface area contributed by atoms with E-state index < -0.39 is 0 Å². The largest absolute Gasteiger partial charge is 0.397 e. The molecule has 1 aliphatic heterocycles. The normalized spacial score (nSPS) is 25.6. The number of hydrogen-bond donors (Lipinski definition) is 1. The highest BCUT2D eigenvalue weighted by atomic mass is 16.5.